The first-order valence-corrected chi connectivity index (χ1v) is 6.44. The van der Waals surface area contributed by atoms with Crippen LogP contribution in [-0.4, -0.2) is 12.6 Å². The lowest BCUT2D eigenvalue weighted by molar-refractivity contribution is 0.443. The highest BCUT2D eigenvalue weighted by molar-refractivity contribution is 4.63. The van der Waals surface area contributed by atoms with Crippen LogP contribution in [0.4, 0.5) is 0 Å². The van der Waals surface area contributed by atoms with E-state index in [-0.39, 0.29) is 0 Å². The first kappa shape index (κ1) is 14.0. The third kappa shape index (κ3) is 8.55. The minimum Gasteiger partial charge on any atom is -0.314 e. The zero-order chi connectivity index (χ0) is 10.8. The van der Waals surface area contributed by atoms with Gasteiger partial charge in [0, 0.05) is 6.04 Å². The normalized spacial score (nSPS) is 13.5. The van der Waals surface area contributed by atoms with E-state index in [1.165, 1.54) is 38.5 Å². The zero-order valence-electron chi connectivity index (χ0n) is 10.6. The predicted molar refractivity (Wildman–Crippen MR) is 65.7 cm³/mol. The van der Waals surface area contributed by atoms with Gasteiger partial charge in [0.25, 0.3) is 0 Å². The maximum Gasteiger partial charge on any atom is 0.00643 e. The van der Waals surface area contributed by atoms with E-state index in [1.807, 2.05) is 0 Å². The van der Waals surface area contributed by atoms with Gasteiger partial charge in [-0.05, 0) is 25.3 Å². The molecule has 0 aliphatic heterocycles. The Morgan fingerprint density at radius 3 is 2.07 bits per heavy atom. The molecule has 0 aromatic carbocycles. The molecule has 0 rings (SSSR count). The van der Waals surface area contributed by atoms with Crippen LogP contribution in [-0.2, 0) is 0 Å². The summed E-state index contributed by atoms with van der Waals surface area (Å²) in [7, 11) is 0. The van der Waals surface area contributed by atoms with Crippen LogP contribution in [0.1, 0.15) is 66.2 Å². The highest BCUT2D eigenvalue weighted by atomic mass is 14.9. The van der Waals surface area contributed by atoms with Crippen LogP contribution >= 0.6 is 0 Å². The summed E-state index contributed by atoms with van der Waals surface area (Å²) in [5.74, 6) is 0.880. The fraction of sp³-hybridized carbons (Fsp3) is 1.00. The van der Waals surface area contributed by atoms with Crippen molar-refractivity contribution in [2.45, 2.75) is 72.3 Å². The molecule has 0 aliphatic carbocycles. The number of unbranched alkanes of at least 4 members (excludes halogenated alkanes) is 2. The molecule has 1 atom stereocenters. The number of nitrogens with one attached hydrogen (secondary N) is 1. The average molecular weight is 199 g/mol. The second kappa shape index (κ2) is 9.51. The standard InChI is InChI=1S/C13H29N/c1-5-13(14-6-2)11-9-7-8-10-12(3)4/h12-14H,5-11H2,1-4H3. The lowest BCUT2D eigenvalue weighted by Gasteiger charge is -2.15. The van der Waals surface area contributed by atoms with E-state index in [9.17, 15) is 0 Å². The largest absolute Gasteiger partial charge is 0.314 e. The van der Waals surface area contributed by atoms with Gasteiger partial charge in [0.05, 0.1) is 0 Å². The molecule has 0 radical (unpaired) electrons. The van der Waals surface area contributed by atoms with E-state index in [2.05, 4.69) is 33.0 Å². The van der Waals surface area contributed by atoms with Gasteiger partial charge in [0.2, 0.25) is 0 Å². The van der Waals surface area contributed by atoms with E-state index in [0.717, 1.165) is 18.5 Å². The van der Waals surface area contributed by atoms with E-state index in [1.54, 1.807) is 0 Å². The van der Waals surface area contributed by atoms with Crippen molar-refractivity contribution in [3.63, 3.8) is 0 Å². The van der Waals surface area contributed by atoms with Crippen molar-refractivity contribution in [1.29, 1.82) is 0 Å². The van der Waals surface area contributed by atoms with Crippen LogP contribution in [0.3, 0.4) is 0 Å². The summed E-state index contributed by atoms with van der Waals surface area (Å²) >= 11 is 0. The molecule has 0 saturated carbocycles. The van der Waals surface area contributed by atoms with Crippen LogP contribution < -0.4 is 5.32 Å². The SMILES string of the molecule is CCNC(CC)CCCCCC(C)C. The minimum atomic E-state index is 0.763. The molecule has 0 amide bonds. The molecular weight excluding hydrogens is 170 g/mol. The molecule has 0 bridgehead atoms. The molecule has 1 N–H and O–H groups in total. The molecule has 0 saturated heterocycles. The summed E-state index contributed by atoms with van der Waals surface area (Å²) in [6.45, 7) is 10.2. The topological polar surface area (TPSA) is 12.0 Å². The molecule has 14 heavy (non-hydrogen) atoms. The first-order valence-electron chi connectivity index (χ1n) is 6.44. The summed E-state index contributed by atoms with van der Waals surface area (Å²) in [5, 5.41) is 3.53. The van der Waals surface area contributed by atoms with Crippen molar-refractivity contribution in [1.82, 2.24) is 5.32 Å². The molecule has 1 nitrogen and oxygen atoms in total. The predicted octanol–water partition coefficient (Wildman–Crippen LogP) is 3.98. The van der Waals surface area contributed by atoms with Gasteiger partial charge < -0.3 is 5.32 Å². The molecule has 1 unspecified atom stereocenters. The Hall–Kier alpha value is -0.0400. The van der Waals surface area contributed by atoms with Gasteiger partial charge in [-0.1, -0.05) is 53.4 Å². The Kier molecular flexibility index (Phi) is 9.49. The highest BCUT2D eigenvalue weighted by Gasteiger charge is 2.03. The van der Waals surface area contributed by atoms with Crippen molar-refractivity contribution in [2.24, 2.45) is 5.92 Å². The fourth-order valence-corrected chi connectivity index (χ4v) is 1.86. The van der Waals surface area contributed by atoms with Gasteiger partial charge in [-0.2, -0.15) is 0 Å². The molecule has 86 valence electrons. The van der Waals surface area contributed by atoms with Crippen LogP contribution in [0, 0.1) is 5.92 Å². The zero-order valence-corrected chi connectivity index (χ0v) is 10.6. The van der Waals surface area contributed by atoms with Crippen LogP contribution in [0.5, 0.6) is 0 Å². The summed E-state index contributed by atoms with van der Waals surface area (Å²) in [5.41, 5.74) is 0. The maximum atomic E-state index is 3.53. The van der Waals surface area contributed by atoms with Gasteiger partial charge in [-0.3, -0.25) is 0 Å². The number of hydrogen-bond acceptors (Lipinski definition) is 1. The van der Waals surface area contributed by atoms with Gasteiger partial charge >= 0.3 is 0 Å². The Morgan fingerprint density at radius 1 is 0.929 bits per heavy atom. The van der Waals surface area contributed by atoms with E-state index >= 15 is 0 Å². The second-order valence-electron chi connectivity index (χ2n) is 4.69. The molecule has 0 aromatic heterocycles. The second-order valence-corrected chi connectivity index (χ2v) is 4.69. The highest BCUT2D eigenvalue weighted by Crippen LogP contribution is 2.11. The Bertz CT molecular complexity index is 110. The molecule has 0 spiro atoms. The van der Waals surface area contributed by atoms with Crippen molar-refractivity contribution in [3.8, 4) is 0 Å². The molecular formula is C13H29N. The van der Waals surface area contributed by atoms with Gasteiger partial charge in [0.1, 0.15) is 0 Å². The van der Waals surface area contributed by atoms with Crippen LogP contribution in [0.2, 0.25) is 0 Å². The Balaban J connectivity index is 3.24. The van der Waals surface area contributed by atoms with Crippen molar-refractivity contribution in [3.05, 3.63) is 0 Å². The minimum absolute atomic E-state index is 0.763. The van der Waals surface area contributed by atoms with Crippen molar-refractivity contribution >= 4 is 0 Å². The lowest BCUT2D eigenvalue weighted by atomic mass is 10.0. The van der Waals surface area contributed by atoms with Crippen LogP contribution in [0.25, 0.3) is 0 Å². The number of rotatable bonds is 9. The van der Waals surface area contributed by atoms with Crippen molar-refractivity contribution < 1.29 is 0 Å². The number of hydrogen-bond donors (Lipinski definition) is 1. The molecule has 0 aliphatic rings. The molecule has 1 heteroatoms. The fourth-order valence-electron chi connectivity index (χ4n) is 1.86. The van der Waals surface area contributed by atoms with Gasteiger partial charge in [0.15, 0.2) is 0 Å². The van der Waals surface area contributed by atoms with E-state index < -0.39 is 0 Å². The van der Waals surface area contributed by atoms with Crippen molar-refractivity contribution in [2.75, 3.05) is 6.54 Å². The third-order valence-corrected chi connectivity index (χ3v) is 2.82. The summed E-state index contributed by atoms with van der Waals surface area (Å²) in [6, 6.07) is 0.763. The first-order chi connectivity index (χ1) is 6.70. The quantitative estimate of drug-likeness (QED) is 0.554. The summed E-state index contributed by atoms with van der Waals surface area (Å²) in [6.07, 6.45) is 8.27. The van der Waals surface area contributed by atoms with Gasteiger partial charge in [-0.15, -0.1) is 0 Å². The molecule has 0 fully saturated rings. The maximum absolute atomic E-state index is 3.53. The molecule has 0 aromatic rings. The monoisotopic (exact) mass is 199 g/mol. The summed E-state index contributed by atoms with van der Waals surface area (Å²) in [4.78, 5) is 0. The summed E-state index contributed by atoms with van der Waals surface area (Å²) < 4.78 is 0. The average Bonchev–Trinajstić information content (AvgIpc) is 2.15. The lowest BCUT2D eigenvalue weighted by Crippen LogP contribution is -2.27. The Labute approximate surface area is 90.7 Å². The smallest absolute Gasteiger partial charge is 0.00643 e. The Morgan fingerprint density at radius 2 is 1.57 bits per heavy atom. The third-order valence-electron chi connectivity index (χ3n) is 2.82. The molecule has 0 heterocycles. The van der Waals surface area contributed by atoms with Gasteiger partial charge in [-0.25, -0.2) is 0 Å². The van der Waals surface area contributed by atoms with E-state index in [4.69, 9.17) is 0 Å². The van der Waals surface area contributed by atoms with E-state index in [0.29, 0.717) is 0 Å². The van der Waals surface area contributed by atoms with Crippen LogP contribution in [0.15, 0.2) is 0 Å².